The van der Waals surface area contributed by atoms with Crippen molar-refractivity contribution in [1.82, 2.24) is 9.55 Å². The molecule has 0 fully saturated rings. The number of hydrogen-bond acceptors (Lipinski definition) is 4. The lowest BCUT2D eigenvalue weighted by Gasteiger charge is -2.09. The number of aryl methyl sites for hydroxylation is 1. The van der Waals surface area contributed by atoms with Gasteiger partial charge in [-0.15, -0.1) is 0 Å². The van der Waals surface area contributed by atoms with Gasteiger partial charge in [0.2, 0.25) is 0 Å². The average Bonchev–Trinajstić information content (AvgIpc) is 2.78. The van der Waals surface area contributed by atoms with E-state index in [9.17, 15) is 4.79 Å². The van der Waals surface area contributed by atoms with Crippen LogP contribution < -0.4 is 5.73 Å². The van der Waals surface area contributed by atoms with Gasteiger partial charge in [-0.1, -0.05) is 17.7 Å². The van der Waals surface area contributed by atoms with Crippen molar-refractivity contribution in [2.24, 2.45) is 0 Å². The third-order valence-corrected chi connectivity index (χ3v) is 3.09. The monoisotopic (exact) mass is 279 g/mol. The minimum absolute atomic E-state index is 0.243. The first kappa shape index (κ1) is 13.4. The smallest absolute Gasteiger partial charge is 0.340 e. The number of para-hydroxylation sites is 1. The van der Waals surface area contributed by atoms with Crippen LogP contribution in [0.3, 0.4) is 0 Å². The first-order chi connectivity index (χ1) is 9.09. The van der Waals surface area contributed by atoms with E-state index in [0.29, 0.717) is 11.6 Å². The fraction of sp³-hybridized carbons (Fsp3) is 0.231. The van der Waals surface area contributed by atoms with Crippen molar-refractivity contribution in [2.75, 3.05) is 12.3 Å². The maximum absolute atomic E-state index is 11.8. The Hall–Kier alpha value is -2.01. The number of imidazole rings is 1. The number of halogens is 1. The van der Waals surface area contributed by atoms with E-state index in [1.165, 1.54) is 0 Å². The molecule has 0 bridgehead atoms. The van der Waals surface area contributed by atoms with E-state index >= 15 is 0 Å². The normalized spacial score (nSPS) is 10.4. The number of carbonyl (C=O) groups is 1. The van der Waals surface area contributed by atoms with E-state index in [4.69, 9.17) is 22.1 Å². The van der Waals surface area contributed by atoms with E-state index in [1.54, 1.807) is 24.4 Å². The summed E-state index contributed by atoms with van der Waals surface area (Å²) in [4.78, 5) is 15.9. The molecule has 2 aromatic rings. The average molecular weight is 280 g/mol. The Morgan fingerprint density at radius 1 is 1.53 bits per heavy atom. The van der Waals surface area contributed by atoms with Crippen molar-refractivity contribution in [3.8, 4) is 0 Å². The van der Waals surface area contributed by atoms with Gasteiger partial charge < -0.3 is 15.0 Å². The minimum atomic E-state index is -0.474. The van der Waals surface area contributed by atoms with Crippen LogP contribution in [0.1, 0.15) is 16.2 Å². The number of anilines is 1. The summed E-state index contributed by atoms with van der Waals surface area (Å²) < 4.78 is 7.06. The van der Waals surface area contributed by atoms with E-state index in [-0.39, 0.29) is 17.9 Å². The van der Waals surface area contributed by atoms with Gasteiger partial charge in [0, 0.05) is 12.4 Å². The highest BCUT2D eigenvalue weighted by molar-refractivity contribution is 6.33. The third kappa shape index (κ3) is 3.06. The van der Waals surface area contributed by atoms with Gasteiger partial charge in [-0.25, -0.2) is 9.78 Å². The molecule has 0 aliphatic carbocycles. The second-order valence-corrected chi connectivity index (χ2v) is 4.41. The fourth-order valence-electron chi connectivity index (χ4n) is 1.67. The van der Waals surface area contributed by atoms with Crippen molar-refractivity contribution >= 4 is 23.3 Å². The molecule has 0 amide bonds. The molecular weight excluding hydrogens is 266 g/mol. The SMILES string of the molecule is Cc1nccn1CCOC(=O)c1cccc(Cl)c1N. The van der Waals surface area contributed by atoms with Crippen LogP contribution in [0.4, 0.5) is 5.69 Å². The molecule has 1 heterocycles. The standard InChI is InChI=1S/C13H14ClN3O2/c1-9-16-5-6-17(9)7-8-19-13(18)10-3-2-4-11(14)12(10)15/h2-6H,7-8,15H2,1H3. The summed E-state index contributed by atoms with van der Waals surface area (Å²) in [6.45, 7) is 2.69. The molecule has 0 saturated carbocycles. The molecule has 100 valence electrons. The number of rotatable bonds is 4. The highest BCUT2D eigenvalue weighted by atomic mass is 35.5. The number of nitrogens with zero attached hydrogens (tertiary/aromatic N) is 2. The van der Waals surface area contributed by atoms with E-state index in [1.807, 2.05) is 17.7 Å². The van der Waals surface area contributed by atoms with Gasteiger partial charge in [0.25, 0.3) is 0 Å². The number of hydrogen-bond donors (Lipinski definition) is 1. The van der Waals surface area contributed by atoms with E-state index < -0.39 is 5.97 Å². The second-order valence-electron chi connectivity index (χ2n) is 4.00. The predicted octanol–water partition coefficient (Wildman–Crippen LogP) is 2.28. The number of esters is 1. The molecule has 5 nitrogen and oxygen atoms in total. The highest BCUT2D eigenvalue weighted by Crippen LogP contribution is 2.22. The number of benzene rings is 1. The number of carbonyl (C=O) groups excluding carboxylic acids is 1. The second kappa shape index (κ2) is 5.75. The molecule has 1 aromatic carbocycles. The van der Waals surface area contributed by atoms with Crippen LogP contribution in [-0.4, -0.2) is 22.1 Å². The largest absolute Gasteiger partial charge is 0.460 e. The summed E-state index contributed by atoms with van der Waals surface area (Å²) in [6.07, 6.45) is 3.53. The molecule has 0 atom stereocenters. The van der Waals surface area contributed by atoms with Crippen LogP contribution >= 0.6 is 11.6 Å². The Morgan fingerprint density at radius 3 is 3.00 bits per heavy atom. The lowest BCUT2D eigenvalue weighted by molar-refractivity contribution is 0.0492. The molecule has 0 aliphatic rings. The van der Waals surface area contributed by atoms with Crippen LogP contribution in [-0.2, 0) is 11.3 Å². The van der Waals surface area contributed by atoms with Gasteiger partial charge >= 0.3 is 5.97 Å². The fourth-order valence-corrected chi connectivity index (χ4v) is 1.84. The summed E-state index contributed by atoms with van der Waals surface area (Å²) in [7, 11) is 0. The van der Waals surface area contributed by atoms with Gasteiger partial charge in [0.15, 0.2) is 0 Å². The molecule has 19 heavy (non-hydrogen) atoms. The highest BCUT2D eigenvalue weighted by Gasteiger charge is 2.13. The summed E-state index contributed by atoms with van der Waals surface area (Å²) in [5, 5.41) is 0.347. The lowest BCUT2D eigenvalue weighted by Crippen LogP contribution is -2.13. The van der Waals surface area contributed by atoms with Gasteiger partial charge in [-0.05, 0) is 19.1 Å². The van der Waals surface area contributed by atoms with Crippen molar-refractivity contribution < 1.29 is 9.53 Å². The molecular formula is C13H14ClN3O2. The van der Waals surface area contributed by atoms with Crippen LogP contribution in [0.25, 0.3) is 0 Å². The summed E-state index contributed by atoms with van der Waals surface area (Å²) in [6, 6.07) is 4.88. The zero-order chi connectivity index (χ0) is 13.8. The Morgan fingerprint density at radius 2 is 2.32 bits per heavy atom. The number of nitrogen functional groups attached to an aromatic ring is 1. The van der Waals surface area contributed by atoms with Gasteiger partial charge in [0.05, 0.1) is 22.8 Å². The number of aromatic nitrogens is 2. The third-order valence-electron chi connectivity index (χ3n) is 2.76. The van der Waals surface area contributed by atoms with Crippen LogP contribution in [0.15, 0.2) is 30.6 Å². The van der Waals surface area contributed by atoms with Crippen LogP contribution in [0.2, 0.25) is 5.02 Å². The molecule has 2 rings (SSSR count). The number of ether oxygens (including phenoxy) is 1. The topological polar surface area (TPSA) is 70.1 Å². The minimum Gasteiger partial charge on any atom is -0.460 e. The Labute approximate surface area is 116 Å². The molecule has 0 radical (unpaired) electrons. The van der Waals surface area contributed by atoms with Crippen LogP contribution in [0.5, 0.6) is 0 Å². The zero-order valence-electron chi connectivity index (χ0n) is 10.5. The number of nitrogens with two attached hydrogens (primary N) is 1. The van der Waals surface area contributed by atoms with Crippen molar-refractivity contribution in [3.05, 3.63) is 47.0 Å². The zero-order valence-corrected chi connectivity index (χ0v) is 11.2. The van der Waals surface area contributed by atoms with Gasteiger partial charge in [-0.2, -0.15) is 0 Å². The molecule has 0 unspecified atom stereocenters. The molecule has 0 saturated heterocycles. The quantitative estimate of drug-likeness (QED) is 0.688. The maximum atomic E-state index is 11.8. The van der Waals surface area contributed by atoms with E-state index in [0.717, 1.165) is 5.82 Å². The Kier molecular flexibility index (Phi) is 4.06. The molecule has 0 spiro atoms. The molecule has 0 aliphatic heterocycles. The van der Waals surface area contributed by atoms with Crippen molar-refractivity contribution in [1.29, 1.82) is 0 Å². The van der Waals surface area contributed by atoms with Gasteiger partial charge in [-0.3, -0.25) is 0 Å². The molecule has 1 aromatic heterocycles. The van der Waals surface area contributed by atoms with Crippen LogP contribution in [0, 0.1) is 6.92 Å². The predicted molar refractivity (Wildman–Crippen MR) is 73.1 cm³/mol. The first-order valence-electron chi connectivity index (χ1n) is 5.78. The lowest BCUT2D eigenvalue weighted by atomic mass is 10.2. The maximum Gasteiger partial charge on any atom is 0.340 e. The van der Waals surface area contributed by atoms with Crippen molar-refractivity contribution in [3.63, 3.8) is 0 Å². The molecule has 2 N–H and O–H groups in total. The summed E-state index contributed by atoms with van der Waals surface area (Å²) >= 11 is 5.85. The van der Waals surface area contributed by atoms with Crippen molar-refractivity contribution in [2.45, 2.75) is 13.5 Å². The molecule has 6 heteroatoms. The summed E-state index contributed by atoms with van der Waals surface area (Å²) in [5.41, 5.74) is 6.26. The summed E-state index contributed by atoms with van der Waals surface area (Å²) in [5.74, 6) is 0.399. The van der Waals surface area contributed by atoms with E-state index in [2.05, 4.69) is 4.98 Å². The Bertz CT molecular complexity index is 595. The van der Waals surface area contributed by atoms with Gasteiger partial charge in [0.1, 0.15) is 12.4 Å². The Balaban J connectivity index is 1.95. The first-order valence-corrected chi connectivity index (χ1v) is 6.16.